The highest BCUT2D eigenvalue weighted by molar-refractivity contribution is 5.79. The fraction of sp³-hybridized carbons (Fsp3) is 0.875. The Hall–Kier alpha value is -0.610. The molecule has 70 valence electrons. The largest absolute Gasteiger partial charge is 0.390 e. The van der Waals surface area contributed by atoms with Crippen LogP contribution in [0.15, 0.2) is 0 Å². The molecule has 1 aliphatic heterocycles. The predicted molar refractivity (Wildman–Crippen MR) is 43.4 cm³/mol. The Morgan fingerprint density at radius 2 is 2.17 bits per heavy atom. The molecule has 1 heterocycles. The number of carbonyl (C=O) groups excluding carboxylic acids is 1. The highest BCUT2D eigenvalue weighted by Gasteiger charge is 2.26. The summed E-state index contributed by atoms with van der Waals surface area (Å²) in [5.41, 5.74) is 5.05. The Bertz CT molecular complexity index is 160. The second-order valence-corrected chi connectivity index (χ2v) is 3.11. The molecule has 0 aliphatic carbocycles. The highest BCUT2D eigenvalue weighted by atomic mass is 16.5. The van der Waals surface area contributed by atoms with E-state index >= 15 is 0 Å². The van der Waals surface area contributed by atoms with Crippen molar-refractivity contribution in [2.24, 2.45) is 5.73 Å². The van der Waals surface area contributed by atoms with Gasteiger partial charge in [-0.3, -0.25) is 4.79 Å². The van der Waals surface area contributed by atoms with Crippen molar-refractivity contribution in [3.63, 3.8) is 0 Å². The van der Waals surface area contributed by atoms with Gasteiger partial charge in [-0.1, -0.05) is 12.8 Å². The molecule has 0 spiro atoms. The molecule has 4 nitrogen and oxygen atoms in total. The van der Waals surface area contributed by atoms with Crippen LogP contribution >= 0.6 is 0 Å². The van der Waals surface area contributed by atoms with Crippen molar-refractivity contribution in [3.05, 3.63) is 0 Å². The molecule has 12 heavy (non-hydrogen) atoms. The van der Waals surface area contributed by atoms with E-state index in [0.29, 0.717) is 13.0 Å². The number of ether oxygens (including phenoxy) is 1. The van der Waals surface area contributed by atoms with E-state index in [1.54, 1.807) is 0 Å². The number of primary amides is 1. The molecule has 4 heteroatoms. The maximum atomic E-state index is 10.8. The lowest BCUT2D eigenvalue weighted by Gasteiger charge is -2.22. The van der Waals surface area contributed by atoms with Crippen LogP contribution in [0.1, 0.15) is 25.7 Å². The lowest BCUT2D eigenvalue weighted by atomic mass is 10.0. The zero-order valence-corrected chi connectivity index (χ0v) is 7.03. The molecule has 0 aromatic heterocycles. The van der Waals surface area contributed by atoms with Crippen molar-refractivity contribution in [2.75, 3.05) is 6.61 Å². The minimum absolute atomic E-state index is 0.519. The van der Waals surface area contributed by atoms with Gasteiger partial charge in [0.25, 0.3) is 0 Å². The SMILES string of the molecule is NC(=O)C1OCCCCCC1O. The molecule has 0 aromatic rings. The monoisotopic (exact) mass is 173 g/mol. The van der Waals surface area contributed by atoms with Gasteiger partial charge in [-0.05, 0) is 12.8 Å². The quantitative estimate of drug-likeness (QED) is 0.576. The first-order valence-electron chi connectivity index (χ1n) is 4.31. The first-order chi connectivity index (χ1) is 5.72. The minimum Gasteiger partial charge on any atom is -0.390 e. The fourth-order valence-corrected chi connectivity index (χ4v) is 1.38. The zero-order chi connectivity index (χ0) is 8.97. The Morgan fingerprint density at radius 3 is 2.83 bits per heavy atom. The molecular weight excluding hydrogens is 158 g/mol. The van der Waals surface area contributed by atoms with Crippen LogP contribution in [0.5, 0.6) is 0 Å². The Kier molecular flexibility index (Phi) is 3.49. The molecule has 1 aliphatic rings. The lowest BCUT2D eigenvalue weighted by Crippen LogP contribution is -2.42. The van der Waals surface area contributed by atoms with E-state index in [9.17, 15) is 9.90 Å². The van der Waals surface area contributed by atoms with Crippen LogP contribution in [0.3, 0.4) is 0 Å². The van der Waals surface area contributed by atoms with Crippen molar-refractivity contribution in [2.45, 2.75) is 37.9 Å². The molecule has 1 rings (SSSR count). The molecule has 2 atom stereocenters. The number of nitrogens with two attached hydrogens (primary N) is 1. The van der Waals surface area contributed by atoms with Gasteiger partial charge in [0.2, 0.25) is 5.91 Å². The second-order valence-electron chi connectivity index (χ2n) is 3.11. The summed E-state index contributed by atoms with van der Waals surface area (Å²) in [5, 5.41) is 9.42. The molecule has 0 radical (unpaired) electrons. The number of hydrogen-bond donors (Lipinski definition) is 2. The van der Waals surface area contributed by atoms with Crippen molar-refractivity contribution >= 4 is 5.91 Å². The summed E-state index contributed by atoms with van der Waals surface area (Å²) >= 11 is 0. The molecule has 2 unspecified atom stereocenters. The second kappa shape index (κ2) is 4.42. The van der Waals surface area contributed by atoms with E-state index in [4.69, 9.17) is 10.5 Å². The maximum absolute atomic E-state index is 10.8. The third-order valence-corrected chi connectivity index (χ3v) is 2.07. The first-order valence-corrected chi connectivity index (χ1v) is 4.31. The normalized spacial score (nSPS) is 32.1. The average molecular weight is 173 g/mol. The third-order valence-electron chi connectivity index (χ3n) is 2.07. The van der Waals surface area contributed by atoms with E-state index in [0.717, 1.165) is 19.3 Å². The summed E-state index contributed by atoms with van der Waals surface area (Å²) in [4.78, 5) is 10.8. The van der Waals surface area contributed by atoms with Gasteiger partial charge < -0.3 is 15.6 Å². The van der Waals surface area contributed by atoms with Crippen LogP contribution in [0.4, 0.5) is 0 Å². The van der Waals surface area contributed by atoms with Crippen LogP contribution in [0.25, 0.3) is 0 Å². The standard InChI is InChI=1S/C8H15NO3/c9-8(11)7-6(10)4-2-1-3-5-12-7/h6-7,10H,1-5H2,(H2,9,11). The van der Waals surface area contributed by atoms with Gasteiger partial charge in [0.1, 0.15) is 0 Å². The molecule has 0 bridgehead atoms. The highest BCUT2D eigenvalue weighted by Crippen LogP contribution is 2.13. The number of aliphatic hydroxyl groups excluding tert-OH is 1. The van der Waals surface area contributed by atoms with Crippen LogP contribution in [-0.4, -0.2) is 29.8 Å². The smallest absolute Gasteiger partial charge is 0.249 e. The van der Waals surface area contributed by atoms with E-state index in [1.807, 2.05) is 0 Å². The summed E-state index contributed by atoms with van der Waals surface area (Å²) in [6.07, 6.45) is 2.01. The third kappa shape index (κ3) is 2.46. The number of carbonyl (C=O) groups is 1. The van der Waals surface area contributed by atoms with Gasteiger partial charge in [-0.15, -0.1) is 0 Å². The maximum Gasteiger partial charge on any atom is 0.249 e. The van der Waals surface area contributed by atoms with Crippen LogP contribution in [0.2, 0.25) is 0 Å². The number of amides is 1. The summed E-state index contributed by atoms with van der Waals surface area (Å²) in [6, 6.07) is 0. The van der Waals surface area contributed by atoms with Gasteiger partial charge in [0.15, 0.2) is 6.10 Å². The van der Waals surface area contributed by atoms with Crippen molar-refractivity contribution in [1.29, 1.82) is 0 Å². The van der Waals surface area contributed by atoms with Crippen molar-refractivity contribution < 1.29 is 14.6 Å². The molecule has 0 aromatic carbocycles. The Balaban J connectivity index is 2.48. The lowest BCUT2D eigenvalue weighted by molar-refractivity contribution is -0.138. The van der Waals surface area contributed by atoms with Crippen molar-refractivity contribution in [1.82, 2.24) is 0 Å². The molecule has 1 amide bonds. The van der Waals surface area contributed by atoms with Crippen LogP contribution in [0, 0.1) is 0 Å². The zero-order valence-electron chi connectivity index (χ0n) is 7.03. The van der Waals surface area contributed by atoms with Crippen LogP contribution in [-0.2, 0) is 9.53 Å². The predicted octanol–water partition coefficient (Wildman–Crippen LogP) is -0.208. The van der Waals surface area contributed by atoms with E-state index < -0.39 is 18.1 Å². The Morgan fingerprint density at radius 1 is 1.42 bits per heavy atom. The van der Waals surface area contributed by atoms with Crippen molar-refractivity contribution in [3.8, 4) is 0 Å². The van der Waals surface area contributed by atoms with E-state index in [-0.39, 0.29) is 0 Å². The fourth-order valence-electron chi connectivity index (χ4n) is 1.38. The number of hydrogen-bond acceptors (Lipinski definition) is 3. The number of rotatable bonds is 1. The van der Waals surface area contributed by atoms with E-state index in [1.165, 1.54) is 0 Å². The van der Waals surface area contributed by atoms with Gasteiger partial charge >= 0.3 is 0 Å². The van der Waals surface area contributed by atoms with Gasteiger partial charge in [-0.25, -0.2) is 0 Å². The van der Waals surface area contributed by atoms with Gasteiger partial charge in [0.05, 0.1) is 6.10 Å². The Labute approximate surface area is 71.7 Å². The average Bonchev–Trinajstić information content (AvgIpc) is 1.96. The van der Waals surface area contributed by atoms with Crippen LogP contribution < -0.4 is 5.73 Å². The van der Waals surface area contributed by atoms with Gasteiger partial charge in [-0.2, -0.15) is 0 Å². The number of aliphatic hydroxyl groups is 1. The first kappa shape index (κ1) is 9.48. The minimum atomic E-state index is -0.801. The molecular formula is C8H15NO3. The molecule has 3 N–H and O–H groups in total. The summed E-state index contributed by atoms with van der Waals surface area (Å²) in [7, 11) is 0. The summed E-state index contributed by atoms with van der Waals surface area (Å²) in [5.74, 6) is -0.565. The summed E-state index contributed by atoms with van der Waals surface area (Å²) < 4.78 is 5.13. The molecule has 1 fully saturated rings. The molecule has 0 saturated carbocycles. The topological polar surface area (TPSA) is 72.6 Å². The molecule has 1 saturated heterocycles. The van der Waals surface area contributed by atoms with Gasteiger partial charge in [0, 0.05) is 6.61 Å². The van der Waals surface area contributed by atoms with E-state index in [2.05, 4.69) is 0 Å². The summed E-state index contributed by atoms with van der Waals surface area (Å²) in [6.45, 7) is 0.519.